The molecule has 0 amide bonds. The summed E-state index contributed by atoms with van der Waals surface area (Å²) >= 11 is 0. The van der Waals surface area contributed by atoms with E-state index < -0.39 is 17.5 Å². The van der Waals surface area contributed by atoms with Crippen molar-refractivity contribution in [2.24, 2.45) is 0 Å². The number of nitrogens with zero attached hydrogens (tertiary/aromatic N) is 2. The summed E-state index contributed by atoms with van der Waals surface area (Å²) in [5.41, 5.74) is 2.21. The van der Waals surface area contributed by atoms with Crippen LogP contribution in [0.2, 0.25) is 0 Å². The largest absolute Gasteiger partial charge is 0.236 e. The van der Waals surface area contributed by atoms with Gasteiger partial charge in [-0.15, -0.1) is 0 Å². The average Bonchev–Trinajstić information content (AvgIpc) is 2.60. The van der Waals surface area contributed by atoms with Crippen molar-refractivity contribution in [1.29, 1.82) is 0 Å². The Labute approximate surface area is 139 Å². The van der Waals surface area contributed by atoms with Crippen LogP contribution in [-0.4, -0.2) is 9.97 Å². The average molecular weight is 332 g/mol. The Morgan fingerprint density at radius 2 is 1.71 bits per heavy atom. The Bertz CT molecular complexity index is 742. The van der Waals surface area contributed by atoms with Gasteiger partial charge in [0.15, 0.2) is 23.3 Å². The molecule has 1 aromatic carbocycles. The number of halogens is 3. The van der Waals surface area contributed by atoms with Crippen LogP contribution in [0.1, 0.15) is 43.6 Å². The third kappa shape index (κ3) is 4.10. The summed E-state index contributed by atoms with van der Waals surface area (Å²) < 4.78 is 39.7. The number of rotatable bonds is 5. The van der Waals surface area contributed by atoms with E-state index in [2.05, 4.69) is 9.97 Å². The van der Waals surface area contributed by atoms with Crippen molar-refractivity contribution >= 4 is 5.57 Å². The highest BCUT2D eigenvalue weighted by molar-refractivity contribution is 5.69. The summed E-state index contributed by atoms with van der Waals surface area (Å²) in [5.74, 6) is -3.53. The first kappa shape index (κ1) is 17.9. The second-order valence-corrected chi connectivity index (χ2v) is 5.46. The minimum absolute atomic E-state index is 0.292. The summed E-state index contributed by atoms with van der Waals surface area (Å²) in [6, 6.07) is 2.02. The number of aryl methyl sites for hydroxylation is 1. The van der Waals surface area contributed by atoms with E-state index in [9.17, 15) is 13.2 Å². The Hall–Kier alpha value is -2.43. The molecule has 0 radical (unpaired) electrons. The molecule has 5 heteroatoms. The second kappa shape index (κ2) is 7.90. The lowest BCUT2D eigenvalue weighted by molar-refractivity contribution is 0.445. The number of benzene rings is 1. The van der Waals surface area contributed by atoms with Gasteiger partial charge in [-0.1, -0.05) is 32.1 Å². The van der Waals surface area contributed by atoms with Gasteiger partial charge < -0.3 is 0 Å². The van der Waals surface area contributed by atoms with Gasteiger partial charge in [0.1, 0.15) is 0 Å². The fourth-order valence-corrected chi connectivity index (χ4v) is 2.18. The fourth-order valence-electron chi connectivity index (χ4n) is 2.18. The van der Waals surface area contributed by atoms with Gasteiger partial charge >= 0.3 is 0 Å². The zero-order valence-corrected chi connectivity index (χ0v) is 13.9. The lowest BCUT2D eigenvalue weighted by Gasteiger charge is -2.09. The highest BCUT2D eigenvalue weighted by Gasteiger charge is 2.13. The molecule has 2 aromatic rings. The second-order valence-electron chi connectivity index (χ2n) is 5.46. The summed E-state index contributed by atoms with van der Waals surface area (Å²) in [7, 11) is 0. The molecular weight excluding hydrogens is 313 g/mol. The first-order valence-electron chi connectivity index (χ1n) is 7.76. The first-order chi connectivity index (χ1) is 11.5. The van der Waals surface area contributed by atoms with Crippen molar-refractivity contribution in [2.45, 2.75) is 33.1 Å². The van der Waals surface area contributed by atoms with Crippen LogP contribution >= 0.6 is 0 Å². The molecule has 0 aliphatic carbocycles. The third-order valence-electron chi connectivity index (χ3n) is 3.78. The molecule has 1 unspecified atom stereocenters. The Kier molecular flexibility index (Phi) is 5.90. The van der Waals surface area contributed by atoms with Gasteiger partial charge in [0.25, 0.3) is 0 Å². The van der Waals surface area contributed by atoms with E-state index in [-0.39, 0.29) is 5.92 Å². The maximum absolute atomic E-state index is 13.3. The maximum atomic E-state index is 13.3. The molecule has 0 N–H and O–H groups in total. The topological polar surface area (TPSA) is 25.8 Å². The highest BCUT2D eigenvalue weighted by atomic mass is 19.2. The molecule has 0 aliphatic rings. The Morgan fingerprint density at radius 1 is 1.12 bits per heavy atom. The molecule has 1 atom stereocenters. The SMILES string of the molecule is C/C=C(\C=C/C(C)c1cc(F)c(F)c(F)c1)c1ncc(CC)cn1. The van der Waals surface area contributed by atoms with Crippen molar-refractivity contribution in [3.63, 3.8) is 0 Å². The van der Waals surface area contributed by atoms with Gasteiger partial charge in [-0.25, -0.2) is 23.1 Å². The van der Waals surface area contributed by atoms with Crippen LogP contribution in [0.15, 0.2) is 42.8 Å². The molecule has 0 aliphatic heterocycles. The van der Waals surface area contributed by atoms with Crippen molar-refractivity contribution in [1.82, 2.24) is 9.97 Å². The van der Waals surface area contributed by atoms with E-state index in [4.69, 9.17) is 0 Å². The van der Waals surface area contributed by atoms with Gasteiger partial charge in [-0.05, 0) is 42.5 Å². The monoisotopic (exact) mass is 332 g/mol. The Balaban J connectivity index is 2.21. The predicted octanol–water partition coefficient (Wildman–Crippen LogP) is 5.22. The van der Waals surface area contributed by atoms with E-state index in [0.29, 0.717) is 11.4 Å². The van der Waals surface area contributed by atoms with Crippen molar-refractivity contribution in [3.05, 3.63) is 77.2 Å². The zero-order chi connectivity index (χ0) is 17.7. The van der Waals surface area contributed by atoms with Crippen LogP contribution in [0, 0.1) is 17.5 Å². The molecule has 126 valence electrons. The molecule has 0 saturated carbocycles. The standard InChI is InChI=1S/C19H19F3N2/c1-4-13-10-23-19(24-11-13)14(5-2)7-6-12(3)15-8-16(20)18(22)17(21)9-15/h5-12H,4H2,1-3H3/b7-6-,14-5+. The Morgan fingerprint density at radius 3 is 2.21 bits per heavy atom. The lowest BCUT2D eigenvalue weighted by Crippen LogP contribution is -1.98. The quantitative estimate of drug-likeness (QED) is 0.554. The van der Waals surface area contributed by atoms with Gasteiger partial charge in [-0.3, -0.25) is 0 Å². The normalized spacial score (nSPS) is 13.5. The van der Waals surface area contributed by atoms with Crippen molar-refractivity contribution in [2.75, 3.05) is 0 Å². The van der Waals surface area contributed by atoms with Crippen LogP contribution in [-0.2, 0) is 6.42 Å². The molecule has 1 aromatic heterocycles. The number of hydrogen-bond donors (Lipinski definition) is 0. The number of allylic oxidation sites excluding steroid dienone is 4. The molecule has 1 heterocycles. The van der Waals surface area contributed by atoms with Crippen LogP contribution in [0.5, 0.6) is 0 Å². The molecule has 2 nitrogen and oxygen atoms in total. The third-order valence-corrected chi connectivity index (χ3v) is 3.78. The predicted molar refractivity (Wildman–Crippen MR) is 88.9 cm³/mol. The van der Waals surface area contributed by atoms with E-state index in [0.717, 1.165) is 29.7 Å². The number of aromatic nitrogens is 2. The van der Waals surface area contributed by atoms with Crippen molar-refractivity contribution < 1.29 is 13.2 Å². The zero-order valence-electron chi connectivity index (χ0n) is 13.9. The molecule has 24 heavy (non-hydrogen) atoms. The maximum Gasteiger partial charge on any atom is 0.194 e. The fraction of sp³-hybridized carbons (Fsp3) is 0.263. The molecule has 0 bridgehead atoms. The van der Waals surface area contributed by atoms with Gasteiger partial charge in [0, 0.05) is 18.0 Å². The smallest absolute Gasteiger partial charge is 0.194 e. The van der Waals surface area contributed by atoms with E-state index in [1.54, 1.807) is 31.5 Å². The highest BCUT2D eigenvalue weighted by Crippen LogP contribution is 2.23. The van der Waals surface area contributed by atoms with Gasteiger partial charge in [0.05, 0.1) is 0 Å². The summed E-state index contributed by atoms with van der Waals surface area (Å²) in [6.07, 6.45) is 9.83. The molecule has 0 fully saturated rings. The van der Waals surface area contributed by atoms with E-state index >= 15 is 0 Å². The van der Waals surface area contributed by atoms with Gasteiger partial charge in [-0.2, -0.15) is 0 Å². The molecule has 2 rings (SSSR count). The number of hydrogen-bond acceptors (Lipinski definition) is 2. The lowest BCUT2D eigenvalue weighted by atomic mass is 9.99. The van der Waals surface area contributed by atoms with E-state index in [1.165, 1.54) is 0 Å². The summed E-state index contributed by atoms with van der Waals surface area (Å²) in [5, 5.41) is 0. The van der Waals surface area contributed by atoms with Crippen LogP contribution in [0.25, 0.3) is 5.57 Å². The van der Waals surface area contributed by atoms with Gasteiger partial charge in [0.2, 0.25) is 0 Å². The van der Waals surface area contributed by atoms with Crippen LogP contribution in [0.4, 0.5) is 13.2 Å². The van der Waals surface area contributed by atoms with Crippen molar-refractivity contribution in [3.8, 4) is 0 Å². The van der Waals surface area contributed by atoms with E-state index in [1.807, 2.05) is 19.9 Å². The molecule has 0 spiro atoms. The van der Waals surface area contributed by atoms with Crippen LogP contribution < -0.4 is 0 Å². The summed E-state index contributed by atoms with van der Waals surface area (Å²) in [6.45, 7) is 5.66. The summed E-state index contributed by atoms with van der Waals surface area (Å²) in [4.78, 5) is 8.62. The minimum atomic E-state index is -1.45. The first-order valence-corrected chi connectivity index (χ1v) is 7.76. The van der Waals surface area contributed by atoms with Crippen LogP contribution in [0.3, 0.4) is 0 Å². The molecular formula is C19H19F3N2. The minimum Gasteiger partial charge on any atom is -0.236 e. The molecule has 0 saturated heterocycles.